The van der Waals surface area contributed by atoms with Crippen LogP contribution < -0.4 is 0 Å². The number of quaternary nitrogens is 1. The number of hydrogen-bond acceptors (Lipinski definition) is 3. The monoisotopic (exact) mass is 390 g/mol. The van der Waals surface area contributed by atoms with Gasteiger partial charge in [0.1, 0.15) is 0 Å². The molecule has 0 fully saturated rings. The summed E-state index contributed by atoms with van der Waals surface area (Å²) >= 11 is 0. The summed E-state index contributed by atoms with van der Waals surface area (Å²) < 4.78 is 1.02. The van der Waals surface area contributed by atoms with E-state index < -0.39 is 8.80 Å². The predicted molar refractivity (Wildman–Crippen MR) is 114 cm³/mol. The van der Waals surface area contributed by atoms with E-state index in [1.807, 2.05) is 0 Å². The van der Waals surface area contributed by atoms with Crippen molar-refractivity contribution in [2.24, 2.45) is 0 Å². The van der Waals surface area contributed by atoms with Gasteiger partial charge in [0, 0.05) is 12.5 Å². The molecule has 0 aromatic rings. The quantitative estimate of drug-likeness (QED) is 0.189. The van der Waals surface area contributed by atoms with Gasteiger partial charge >= 0.3 is 8.80 Å². The van der Waals surface area contributed by atoms with Crippen molar-refractivity contribution in [3.8, 4) is 0 Å². The minimum absolute atomic E-state index is 0.157. The Morgan fingerprint density at radius 3 is 1.38 bits per heavy atom. The fraction of sp³-hybridized carbons (Fsp3) is 1.00. The Hall–Kier alpha value is 0.0569. The van der Waals surface area contributed by atoms with Gasteiger partial charge in [-0.2, -0.15) is 0 Å². The zero-order chi connectivity index (χ0) is 20.1. The van der Waals surface area contributed by atoms with Gasteiger partial charge in [-0.25, -0.2) is 0 Å². The molecule has 0 saturated carbocycles. The van der Waals surface area contributed by atoms with Crippen LogP contribution in [-0.2, 0) is 0 Å². The third kappa shape index (κ3) is 11.7. The average Bonchev–Trinajstić information content (AvgIpc) is 2.53. The third-order valence-corrected chi connectivity index (χ3v) is 7.10. The first-order valence-corrected chi connectivity index (χ1v) is 13.2. The molecule has 26 heavy (non-hydrogen) atoms. The fourth-order valence-electron chi connectivity index (χ4n) is 4.25. The average molecular weight is 391 g/mol. The maximum absolute atomic E-state index is 9.30. The first-order chi connectivity index (χ1) is 12.2. The Labute approximate surface area is 164 Å². The summed E-state index contributed by atoms with van der Waals surface area (Å²) in [5, 5.41) is 0. The smallest absolute Gasteiger partial charge is 0.390 e. The second-order valence-corrected chi connectivity index (χ2v) is 10.8. The molecule has 0 aromatic heterocycles. The zero-order valence-electron chi connectivity index (χ0n) is 18.3. The van der Waals surface area contributed by atoms with Gasteiger partial charge in [-0.3, -0.25) is 0 Å². The van der Waals surface area contributed by atoms with Crippen LogP contribution in [0.2, 0.25) is 6.04 Å². The van der Waals surface area contributed by atoms with Gasteiger partial charge in [-0.1, -0.05) is 58.3 Å². The van der Waals surface area contributed by atoms with E-state index in [2.05, 4.69) is 34.6 Å². The number of unbranched alkanes of at least 4 members (excludes halogenated alkanes) is 9. The lowest BCUT2D eigenvalue weighted by atomic mass is 10.0. The molecule has 4 nitrogen and oxygen atoms in total. The van der Waals surface area contributed by atoms with E-state index in [0.717, 1.165) is 17.6 Å². The molecule has 0 aliphatic carbocycles. The third-order valence-electron chi connectivity index (χ3n) is 6.07. The minimum Gasteiger partial charge on any atom is -0.390 e. The second-order valence-electron chi connectivity index (χ2n) is 8.80. The van der Waals surface area contributed by atoms with Crippen LogP contribution in [0.5, 0.6) is 0 Å². The highest BCUT2D eigenvalue weighted by Gasteiger charge is 2.35. The zero-order valence-corrected chi connectivity index (χ0v) is 19.3. The summed E-state index contributed by atoms with van der Waals surface area (Å²) in [7, 11) is -3.90. The number of hydrogen-bond donors (Lipinski definition) is 3. The molecule has 0 unspecified atom stereocenters. The molecule has 0 saturated heterocycles. The highest BCUT2D eigenvalue weighted by atomic mass is 28.4. The van der Waals surface area contributed by atoms with E-state index in [0.29, 0.717) is 18.5 Å². The van der Waals surface area contributed by atoms with Gasteiger partial charge in [0.25, 0.3) is 0 Å². The molecule has 0 aliphatic rings. The summed E-state index contributed by atoms with van der Waals surface area (Å²) in [5.74, 6) is 0. The van der Waals surface area contributed by atoms with Crippen LogP contribution in [0.15, 0.2) is 0 Å². The highest BCUT2D eigenvalue weighted by molar-refractivity contribution is 6.56. The SMILES string of the molecule is CCCCCCCCCCCC[N+](CCC[Si](O)(O)O)(C(C)C)C(C)C. The fourth-order valence-corrected chi connectivity index (χ4v) is 4.88. The standard InChI is InChI=1S/C21H48NO3Si/c1-6-7-8-9-10-11-12-13-14-15-17-22(20(2)3,21(4)5)18-16-19-26(23,24)25/h20-21,23-25H,6-19H2,1-5H3/q+1. The van der Waals surface area contributed by atoms with Crippen LogP contribution in [0.1, 0.15) is 105 Å². The Morgan fingerprint density at radius 2 is 1.00 bits per heavy atom. The van der Waals surface area contributed by atoms with Gasteiger partial charge in [0.05, 0.1) is 25.2 Å². The van der Waals surface area contributed by atoms with Crippen LogP contribution in [0.3, 0.4) is 0 Å². The van der Waals surface area contributed by atoms with Crippen molar-refractivity contribution in [1.82, 2.24) is 0 Å². The number of rotatable bonds is 17. The van der Waals surface area contributed by atoms with E-state index in [9.17, 15) is 14.4 Å². The summed E-state index contributed by atoms with van der Waals surface area (Å²) in [4.78, 5) is 27.9. The lowest BCUT2D eigenvalue weighted by Crippen LogP contribution is -2.59. The maximum atomic E-state index is 9.30. The summed E-state index contributed by atoms with van der Waals surface area (Å²) in [6, 6.07) is 1.19. The summed E-state index contributed by atoms with van der Waals surface area (Å²) in [5.41, 5.74) is 0. The predicted octanol–water partition coefficient (Wildman–Crippen LogP) is 4.85. The Kier molecular flexibility index (Phi) is 14.1. The van der Waals surface area contributed by atoms with Crippen molar-refractivity contribution >= 4 is 8.80 Å². The van der Waals surface area contributed by atoms with E-state index in [1.54, 1.807) is 0 Å². The molecule has 0 aromatic carbocycles. The van der Waals surface area contributed by atoms with Crippen LogP contribution in [0.4, 0.5) is 0 Å². The lowest BCUT2D eigenvalue weighted by Gasteiger charge is -2.46. The molecule has 0 amide bonds. The Balaban J connectivity index is 4.16. The molecule has 0 rings (SSSR count). The van der Waals surface area contributed by atoms with Crippen molar-refractivity contribution in [3.05, 3.63) is 0 Å². The normalized spacial score (nSPS) is 13.2. The largest absolute Gasteiger partial charge is 0.492 e. The van der Waals surface area contributed by atoms with Crippen LogP contribution in [0.25, 0.3) is 0 Å². The molecule has 158 valence electrons. The van der Waals surface area contributed by atoms with Crippen molar-refractivity contribution in [3.63, 3.8) is 0 Å². The molecule has 0 bridgehead atoms. The van der Waals surface area contributed by atoms with Gasteiger partial charge in [-0.15, -0.1) is 0 Å². The maximum Gasteiger partial charge on any atom is 0.492 e. The summed E-state index contributed by atoms with van der Waals surface area (Å²) in [6.07, 6.45) is 14.2. The molecule has 0 spiro atoms. The second kappa shape index (κ2) is 14.1. The van der Waals surface area contributed by atoms with Gasteiger partial charge in [0.2, 0.25) is 0 Å². The topological polar surface area (TPSA) is 60.7 Å². The van der Waals surface area contributed by atoms with E-state index in [4.69, 9.17) is 0 Å². The van der Waals surface area contributed by atoms with Gasteiger partial charge in [0.15, 0.2) is 0 Å². The van der Waals surface area contributed by atoms with Crippen molar-refractivity contribution in [2.45, 2.75) is 123 Å². The molecule has 0 aliphatic heterocycles. The van der Waals surface area contributed by atoms with E-state index >= 15 is 0 Å². The number of nitrogens with zero attached hydrogens (tertiary/aromatic N) is 1. The molecule has 3 N–H and O–H groups in total. The lowest BCUT2D eigenvalue weighted by molar-refractivity contribution is -0.967. The van der Waals surface area contributed by atoms with Gasteiger partial charge in [-0.05, 0) is 40.5 Å². The van der Waals surface area contributed by atoms with Crippen LogP contribution >= 0.6 is 0 Å². The molecule has 0 radical (unpaired) electrons. The highest BCUT2D eigenvalue weighted by Crippen LogP contribution is 2.24. The van der Waals surface area contributed by atoms with Crippen molar-refractivity contribution in [2.75, 3.05) is 13.1 Å². The van der Waals surface area contributed by atoms with E-state index in [1.165, 1.54) is 64.2 Å². The molecular formula is C21H48NO3Si+. The van der Waals surface area contributed by atoms with E-state index in [-0.39, 0.29) is 6.04 Å². The molecule has 5 heteroatoms. The first kappa shape index (κ1) is 26.1. The molecule has 0 atom stereocenters. The van der Waals surface area contributed by atoms with Gasteiger partial charge < -0.3 is 18.9 Å². The van der Waals surface area contributed by atoms with Crippen molar-refractivity contribution < 1.29 is 18.9 Å². The van der Waals surface area contributed by atoms with Crippen LogP contribution in [0, 0.1) is 0 Å². The van der Waals surface area contributed by atoms with Crippen LogP contribution in [-0.4, -0.2) is 52.8 Å². The van der Waals surface area contributed by atoms with Crippen molar-refractivity contribution in [1.29, 1.82) is 0 Å². The Bertz CT molecular complexity index is 322. The Morgan fingerprint density at radius 1 is 0.615 bits per heavy atom. The minimum atomic E-state index is -3.90. The molecule has 0 heterocycles. The first-order valence-electron chi connectivity index (χ1n) is 11.2. The molecular weight excluding hydrogens is 342 g/mol. The summed E-state index contributed by atoms with van der Waals surface area (Å²) in [6.45, 7) is 13.4.